The van der Waals surface area contributed by atoms with Crippen molar-refractivity contribution in [3.05, 3.63) is 95.1 Å². The maximum Gasteiger partial charge on any atom is 0.143 e. The van der Waals surface area contributed by atoms with E-state index in [4.69, 9.17) is 9.47 Å². The Kier molecular flexibility index (Phi) is 5.73. The van der Waals surface area contributed by atoms with Crippen molar-refractivity contribution in [2.75, 3.05) is 7.11 Å². The maximum absolute atomic E-state index is 11.3. The fourth-order valence-corrected chi connectivity index (χ4v) is 4.47. The van der Waals surface area contributed by atoms with Crippen LogP contribution in [0.1, 0.15) is 54.4 Å². The van der Waals surface area contributed by atoms with Crippen molar-refractivity contribution in [1.82, 2.24) is 0 Å². The Morgan fingerprint density at radius 1 is 0.935 bits per heavy atom. The first-order chi connectivity index (χ1) is 14.9. The van der Waals surface area contributed by atoms with Crippen molar-refractivity contribution in [1.29, 1.82) is 0 Å². The first kappa shape index (κ1) is 21.0. The highest BCUT2D eigenvalue weighted by Crippen LogP contribution is 2.47. The molecule has 0 N–H and O–H groups in total. The van der Waals surface area contributed by atoms with Gasteiger partial charge in [-0.2, -0.15) is 0 Å². The van der Waals surface area contributed by atoms with Crippen LogP contribution in [0.2, 0.25) is 0 Å². The van der Waals surface area contributed by atoms with Crippen LogP contribution < -0.4 is 14.6 Å². The fraction of sp³-hybridized carbons (Fsp3) is 0.296. The molecule has 3 aromatic carbocycles. The largest absolute Gasteiger partial charge is 0.546 e. The Bertz CT molecular complexity index is 1050. The average Bonchev–Trinajstić information content (AvgIpc) is 2.78. The molecule has 160 valence electrons. The second-order valence-corrected chi connectivity index (χ2v) is 8.57. The lowest BCUT2D eigenvalue weighted by molar-refractivity contribution is -0.320. The second-order valence-electron chi connectivity index (χ2n) is 8.57. The van der Waals surface area contributed by atoms with E-state index in [2.05, 4.69) is 36.4 Å². The van der Waals surface area contributed by atoms with Gasteiger partial charge in [-0.25, -0.2) is 0 Å². The SMILES string of the molecule is COc1ccc2c(c1)CCC(c1ccccc1)C2c1ccc(OC(C)(C)C(=O)[O-])cc1. The predicted molar refractivity (Wildman–Crippen MR) is 118 cm³/mol. The summed E-state index contributed by atoms with van der Waals surface area (Å²) in [6.07, 6.45) is 2.05. The molecular weight excluding hydrogens is 388 g/mol. The monoisotopic (exact) mass is 415 g/mol. The van der Waals surface area contributed by atoms with Crippen molar-refractivity contribution in [3.63, 3.8) is 0 Å². The molecule has 0 fully saturated rings. The van der Waals surface area contributed by atoms with Gasteiger partial charge < -0.3 is 19.4 Å². The van der Waals surface area contributed by atoms with Crippen molar-refractivity contribution in [3.8, 4) is 11.5 Å². The lowest BCUT2D eigenvalue weighted by atomic mass is 9.69. The van der Waals surface area contributed by atoms with E-state index in [-0.39, 0.29) is 5.92 Å². The van der Waals surface area contributed by atoms with Gasteiger partial charge in [0.1, 0.15) is 17.1 Å². The number of aliphatic carboxylic acids is 1. The predicted octanol–water partition coefficient (Wildman–Crippen LogP) is 4.46. The number of carbonyl (C=O) groups is 1. The molecule has 2 atom stereocenters. The van der Waals surface area contributed by atoms with E-state index in [1.807, 2.05) is 36.4 Å². The second kappa shape index (κ2) is 8.46. The molecule has 2 unspecified atom stereocenters. The molecule has 0 heterocycles. The van der Waals surface area contributed by atoms with Gasteiger partial charge in [-0.1, -0.05) is 48.5 Å². The first-order valence-corrected chi connectivity index (χ1v) is 10.6. The summed E-state index contributed by atoms with van der Waals surface area (Å²) in [6, 6.07) is 24.8. The normalized spacial score (nSPS) is 18.2. The molecule has 0 saturated heterocycles. The molecule has 3 aromatic rings. The molecule has 1 aliphatic rings. The number of benzene rings is 3. The van der Waals surface area contributed by atoms with E-state index in [0.717, 1.165) is 18.6 Å². The molecule has 1 aliphatic carbocycles. The molecule has 0 amide bonds. The number of aryl methyl sites for hydroxylation is 1. The van der Waals surface area contributed by atoms with Crippen LogP contribution in [0.5, 0.6) is 11.5 Å². The molecule has 0 bridgehead atoms. The van der Waals surface area contributed by atoms with Crippen LogP contribution in [0.3, 0.4) is 0 Å². The minimum Gasteiger partial charge on any atom is -0.546 e. The minimum atomic E-state index is -1.39. The summed E-state index contributed by atoms with van der Waals surface area (Å²) < 4.78 is 11.1. The number of rotatable bonds is 6. The number of carboxylic acids is 1. The van der Waals surface area contributed by atoms with Gasteiger partial charge in [0.25, 0.3) is 0 Å². The summed E-state index contributed by atoms with van der Waals surface area (Å²) in [4.78, 5) is 11.3. The zero-order valence-electron chi connectivity index (χ0n) is 18.1. The third-order valence-electron chi connectivity index (χ3n) is 6.14. The van der Waals surface area contributed by atoms with E-state index in [0.29, 0.717) is 11.7 Å². The van der Waals surface area contributed by atoms with Crippen molar-refractivity contribution < 1.29 is 19.4 Å². The van der Waals surface area contributed by atoms with Gasteiger partial charge in [-0.3, -0.25) is 0 Å². The summed E-state index contributed by atoms with van der Waals surface area (Å²) in [7, 11) is 1.70. The Labute approximate surface area is 183 Å². The van der Waals surface area contributed by atoms with Crippen molar-refractivity contribution in [2.45, 2.75) is 44.1 Å². The van der Waals surface area contributed by atoms with E-state index < -0.39 is 11.6 Å². The summed E-state index contributed by atoms with van der Waals surface area (Å²) in [5, 5.41) is 11.3. The van der Waals surface area contributed by atoms with Crippen LogP contribution in [-0.4, -0.2) is 18.7 Å². The van der Waals surface area contributed by atoms with Crippen molar-refractivity contribution in [2.24, 2.45) is 0 Å². The number of ether oxygens (including phenoxy) is 2. The lowest BCUT2D eigenvalue weighted by Gasteiger charge is -2.35. The zero-order chi connectivity index (χ0) is 22.0. The van der Waals surface area contributed by atoms with E-state index in [1.54, 1.807) is 7.11 Å². The summed E-state index contributed by atoms with van der Waals surface area (Å²) in [6.45, 7) is 2.99. The Balaban J connectivity index is 1.73. The number of methoxy groups -OCH3 is 1. The molecule has 0 radical (unpaired) electrons. The topological polar surface area (TPSA) is 58.6 Å². The van der Waals surface area contributed by atoms with Crippen LogP contribution >= 0.6 is 0 Å². The van der Waals surface area contributed by atoms with Gasteiger partial charge in [0.05, 0.1) is 13.1 Å². The van der Waals surface area contributed by atoms with E-state index in [9.17, 15) is 9.90 Å². The van der Waals surface area contributed by atoms with E-state index >= 15 is 0 Å². The highest BCUT2D eigenvalue weighted by atomic mass is 16.5. The molecule has 31 heavy (non-hydrogen) atoms. The number of carbonyl (C=O) groups excluding carboxylic acids is 1. The molecule has 4 rings (SSSR count). The number of carboxylic acid groups (broad SMARTS) is 1. The van der Waals surface area contributed by atoms with E-state index in [1.165, 1.54) is 36.1 Å². The van der Waals surface area contributed by atoms with Crippen LogP contribution in [0.25, 0.3) is 0 Å². The molecular formula is C27H27O4-. The van der Waals surface area contributed by atoms with Crippen LogP contribution in [0.4, 0.5) is 0 Å². The highest BCUT2D eigenvalue weighted by Gasteiger charge is 2.32. The molecule has 4 heteroatoms. The third-order valence-corrected chi connectivity index (χ3v) is 6.14. The molecule has 0 aliphatic heterocycles. The third kappa shape index (κ3) is 4.29. The first-order valence-electron chi connectivity index (χ1n) is 10.6. The van der Waals surface area contributed by atoms with Gasteiger partial charge in [-0.15, -0.1) is 0 Å². The standard InChI is InChI=1S/C27H28O4/c1-27(2,26(28)29)31-21-12-9-19(10-13-21)25-23(18-7-5-4-6-8-18)15-11-20-17-22(30-3)14-16-24(20)25/h4-10,12-14,16-17,23,25H,11,15H2,1-3H3,(H,28,29)/p-1. The molecule has 4 nitrogen and oxygen atoms in total. The molecule has 0 saturated carbocycles. The molecule has 0 spiro atoms. The average molecular weight is 416 g/mol. The number of fused-ring (bicyclic) bond motifs is 1. The van der Waals surface area contributed by atoms with Crippen molar-refractivity contribution >= 4 is 5.97 Å². The smallest absolute Gasteiger partial charge is 0.143 e. The van der Waals surface area contributed by atoms with Gasteiger partial charge in [0.2, 0.25) is 0 Å². The Morgan fingerprint density at radius 3 is 2.26 bits per heavy atom. The number of hydrogen-bond donors (Lipinski definition) is 0. The molecule has 0 aromatic heterocycles. The summed E-state index contributed by atoms with van der Waals surface area (Å²) >= 11 is 0. The summed E-state index contributed by atoms with van der Waals surface area (Å²) in [5.41, 5.74) is 3.74. The lowest BCUT2D eigenvalue weighted by Crippen LogP contribution is -2.47. The number of hydrogen-bond acceptors (Lipinski definition) is 4. The minimum absolute atomic E-state index is 0.195. The van der Waals surface area contributed by atoms with Gasteiger partial charge in [0.15, 0.2) is 0 Å². The highest BCUT2D eigenvalue weighted by molar-refractivity contribution is 5.74. The van der Waals surface area contributed by atoms with Gasteiger partial charge in [0, 0.05) is 5.92 Å². The van der Waals surface area contributed by atoms with Crippen LogP contribution in [0, 0.1) is 0 Å². The van der Waals surface area contributed by atoms with Gasteiger partial charge in [-0.05, 0) is 79.1 Å². The fourth-order valence-electron chi connectivity index (χ4n) is 4.47. The maximum atomic E-state index is 11.3. The van der Waals surface area contributed by atoms with Crippen LogP contribution in [0.15, 0.2) is 72.8 Å². The van der Waals surface area contributed by atoms with Gasteiger partial charge >= 0.3 is 0 Å². The summed E-state index contributed by atoms with van der Waals surface area (Å²) in [5.74, 6) is 0.702. The Morgan fingerprint density at radius 2 is 1.61 bits per heavy atom. The quantitative estimate of drug-likeness (QED) is 0.596. The zero-order valence-corrected chi connectivity index (χ0v) is 18.1. The van der Waals surface area contributed by atoms with Crippen LogP contribution in [-0.2, 0) is 11.2 Å². The Hall–Kier alpha value is -3.27.